The molecule has 2 rings (SSSR count). The number of carbonyl (C=O) groups is 3. The molecule has 2 aliphatic rings. The van der Waals surface area contributed by atoms with Gasteiger partial charge in [-0.25, -0.2) is 9.59 Å². The number of cyclic esters (lactones) is 2. The van der Waals surface area contributed by atoms with Gasteiger partial charge in [-0.05, 0) is 0 Å². The fourth-order valence-electron chi connectivity index (χ4n) is 1.70. The number of carboxylic acid groups (broad SMARTS) is 1. The van der Waals surface area contributed by atoms with E-state index in [2.05, 4.69) is 9.47 Å². The zero-order valence-electron chi connectivity index (χ0n) is 8.39. The van der Waals surface area contributed by atoms with Gasteiger partial charge in [0.25, 0.3) is 10.1 Å². The summed E-state index contributed by atoms with van der Waals surface area (Å²) < 4.78 is 12.1. The molecule has 0 bridgehead atoms. The van der Waals surface area contributed by atoms with Crippen LogP contribution in [-0.4, -0.2) is 44.8 Å². The lowest BCUT2D eigenvalue weighted by molar-refractivity contribution is -0.169. The van der Waals surface area contributed by atoms with Crippen molar-refractivity contribution in [2.75, 3.05) is 0 Å². The lowest BCUT2D eigenvalue weighted by atomic mass is 9.96. The smallest absolute Gasteiger partial charge is 0.348 e. The molecular weight excluding hydrogens is 314 g/mol. The van der Waals surface area contributed by atoms with Crippen molar-refractivity contribution in [2.45, 2.75) is 28.2 Å². The number of rotatable bonds is 1. The SMILES string of the molecule is O=C1C[C@]2(OC(C(Cl)(Cl)Cl)OC2=O)[C@@H](C(=O)O)O1. The second kappa shape index (κ2) is 4.12. The van der Waals surface area contributed by atoms with Crippen LogP contribution in [0, 0.1) is 0 Å². The molecule has 1 spiro atoms. The van der Waals surface area contributed by atoms with Crippen molar-refractivity contribution in [3.8, 4) is 0 Å². The zero-order chi connectivity index (χ0) is 13.7. The number of alkyl halides is 3. The minimum atomic E-state index is -2.10. The molecule has 1 N–H and O–H groups in total. The van der Waals surface area contributed by atoms with E-state index >= 15 is 0 Å². The van der Waals surface area contributed by atoms with Crippen molar-refractivity contribution >= 4 is 52.7 Å². The summed E-state index contributed by atoms with van der Waals surface area (Å²) in [6.45, 7) is 0. The Morgan fingerprint density at radius 1 is 1.33 bits per heavy atom. The topological polar surface area (TPSA) is 99.1 Å². The van der Waals surface area contributed by atoms with Crippen LogP contribution in [0.4, 0.5) is 0 Å². The fraction of sp³-hybridized carbons (Fsp3) is 0.625. The number of hydrogen-bond donors (Lipinski definition) is 1. The molecule has 2 aliphatic heterocycles. The highest BCUT2D eigenvalue weighted by atomic mass is 35.6. The average Bonchev–Trinajstić information content (AvgIpc) is 2.69. The van der Waals surface area contributed by atoms with Gasteiger partial charge < -0.3 is 19.3 Å². The van der Waals surface area contributed by atoms with Gasteiger partial charge in [-0.3, -0.25) is 4.79 Å². The van der Waals surface area contributed by atoms with E-state index in [1.807, 2.05) is 0 Å². The quantitative estimate of drug-likeness (QED) is 0.551. The van der Waals surface area contributed by atoms with Crippen LogP contribution in [-0.2, 0) is 28.6 Å². The molecule has 0 aromatic rings. The third-order valence-electron chi connectivity index (χ3n) is 2.45. The third-order valence-corrected chi connectivity index (χ3v) is 2.98. The largest absolute Gasteiger partial charge is 0.478 e. The molecule has 0 amide bonds. The van der Waals surface area contributed by atoms with Gasteiger partial charge in [-0.2, -0.15) is 0 Å². The maximum absolute atomic E-state index is 11.7. The maximum atomic E-state index is 11.7. The second-order valence-electron chi connectivity index (χ2n) is 3.67. The Kier molecular flexibility index (Phi) is 3.13. The number of carboxylic acids is 1. The Bertz CT molecular complexity index is 431. The molecule has 0 saturated carbocycles. The predicted molar refractivity (Wildman–Crippen MR) is 56.1 cm³/mol. The van der Waals surface area contributed by atoms with E-state index in [0.717, 1.165) is 0 Å². The molecule has 18 heavy (non-hydrogen) atoms. The van der Waals surface area contributed by atoms with Crippen molar-refractivity contribution in [3.05, 3.63) is 0 Å². The fourth-order valence-corrected chi connectivity index (χ4v) is 1.97. The van der Waals surface area contributed by atoms with Crippen molar-refractivity contribution in [1.29, 1.82) is 0 Å². The monoisotopic (exact) mass is 318 g/mol. The van der Waals surface area contributed by atoms with Crippen LogP contribution < -0.4 is 0 Å². The van der Waals surface area contributed by atoms with Crippen molar-refractivity contribution in [2.24, 2.45) is 0 Å². The van der Waals surface area contributed by atoms with Gasteiger partial charge in [0.15, 0.2) is 0 Å². The van der Waals surface area contributed by atoms with E-state index in [1.165, 1.54) is 0 Å². The number of hydrogen-bond acceptors (Lipinski definition) is 6. The van der Waals surface area contributed by atoms with Gasteiger partial charge in [0.05, 0.1) is 6.42 Å². The molecule has 2 heterocycles. The molecule has 0 radical (unpaired) electrons. The minimum absolute atomic E-state index is 0.611. The van der Waals surface area contributed by atoms with E-state index in [1.54, 1.807) is 0 Å². The predicted octanol–water partition coefficient (Wildman–Crippen LogP) is 0.395. The normalized spacial score (nSPS) is 35.7. The molecule has 0 aromatic carbocycles. The molecule has 3 atom stereocenters. The number of halogens is 3. The first-order valence-corrected chi connectivity index (χ1v) is 5.68. The minimum Gasteiger partial charge on any atom is -0.478 e. The molecule has 0 aromatic heterocycles. The third kappa shape index (κ3) is 2.01. The summed E-state index contributed by atoms with van der Waals surface area (Å²) in [5, 5.41) is 8.90. The van der Waals surface area contributed by atoms with Crippen molar-refractivity contribution in [1.82, 2.24) is 0 Å². The molecule has 100 valence electrons. The van der Waals surface area contributed by atoms with Crippen LogP contribution in [0.25, 0.3) is 0 Å². The second-order valence-corrected chi connectivity index (χ2v) is 6.04. The molecule has 0 aliphatic carbocycles. The summed E-state index contributed by atoms with van der Waals surface area (Å²) in [4.78, 5) is 33.8. The molecule has 10 heteroatoms. The standard InChI is InChI=1S/C8H5Cl3O7/c9-8(10,11)6-17-5(15)7(18-6)1-2(12)16-3(7)4(13)14/h3,6H,1H2,(H,13,14)/t3-,6?,7+/m1/s1. The first kappa shape index (κ1) is 13.7. The number of aliphatic carboxylic acids is 1. The van der Waals surface area contributed by atoms with Crippen molar-refractivity contribution < 1.29 is 33.7 Å². The van der Waals surface area contributed by atoms with Crippen LogP contribution in [0.2, 0.25) is 0 Å². The summed E-state index contributed by atoms with van der Waals surface area (Å²) in [6.07, 6.45) is -4.04. The Hall–Kier alpha value is -0.760. The first-order valence-electron chi connectivity index (χ1n) is 4.55. The van der Waals surface area contributed by atoms with E-state index in [0.29, 0.717) is 0 Å². The molecule has 7 nitrogen and oxygen atoms in total. The van der Waals surface area contributed by atoms with E-state index < -0.39 is 46.1 Å². The van der Waals surface area contributed by atoms with Crippen LogP contribution in [0.15, 0.2) is 0 Å². The van der Waals surface area contributed by atoms with E-state index in [9.17, 15) is 14.4 Å². The van der Waals surface area contributed by atoms with E-state index in [4.69, 9.17) is 44.6 Å². The number of esters is 2. The van der Waals surface area contributed by atoms with Crippen LogP contribution in [0.3, 0.4) is 0 Å². The summed E-state index contributed by atoms with van der Waals surface area (Å²) in [5.41, 5.74) is -2.10. The van der Waals surface area contributed by atoms with E-state index in [-0.39, 0.29) is 0 Å². The average molecular weight is 319 g/mol. The van der Waals surface area contributed by atoms with Gasteiger partial charge in [-0.15, -0.1) is 0 Å². The van der Waals surface area contributed by atoms with Gasteiger partial charge in [0.1, 0.15) is 0 Å². The maximum Gasteiger partial charge on any atom is 0.348 e. The molecule has 2 saturated heterocycles. The van der Waals surface area contributed by atoms with Gasteiger partial charge in [-0.1, -0.05) is 34.8 Å². The molecule has 1 unspecified atom stereocenters. The highest BCUT2D eigenvalue weighted by Gasteiger charge is 2.68. The lowest BCUT2D eigenvalue weighted by Gasteiger charge is -2.22. The van der Waals surface area contributed by atoms with Gasteiger partial charge in [0.2, 0.25) is 11.7 Å². The lowest BCUT2D eigenvalue weighted by Crippen LogP contribution is -2.49. The number of carbonyl (C=O) groups excluding carboxylic acids is 2. The van der Waals surface area contributed by atoms with Crippen LogP contribution in [0.1, 0.15) is 6.42 Å². The van der Waals surface area contributed by atoms with Gasteiger partial charge in [0, 0.05) is 0 Å². The number of ether oxygens (including phenoxy) is 3. The van der Waals surface area contributed by atoms with Gasteiger partial charge >= 0.3 is 17.9 Å². The van der Waals surface area contributed by atoms with Crippen LogP contribution in [0.5, 0.6) is 0 Å². The van der Waals surface area contributed by atoms with Crippen molar-refractivity contribution in [3.63, 3.8) is 0 Å². The Morgan fingerprint density at radius 3 is 2.39 bits per heavy atom. The Balaban J connectivity index is 2.34. The molecular formula is C8H5Cl3O7. The summed E-state index contributed by atoms with van der Waals surface area (Å²) in [5.74, 6) is -3.58. The highest BCUT2D eigenvalue weighted by Crippen LogP contribution is 2.45. The first-order chi connectivity index (χ1) is 8.17. The summed E-state index contributed by atoms with van der Waals surface area (Å²) in [6, 6.07) is 0. The van der Waals surface area contributed by atoms with Crippen LogP contribution >= 0.6 is 34.8 Å². The zero-order valence-corrected chi connectivity index (χ0v) is 10.7. The molecule has 2 fully saturated rings. The Morgan fingerprint density at radius 2 is 1.94 bits per heavy atom. The summed E-state index contributed by atoms with van der Waals surface area (Å²) >= 11 is 16.5. The Labute approximate surface area is 115 Å². The summed E-state index contributed by atoms with van der Waals surface area (Å²) in [7, 11) is 0. The highest BCUT2D eigenvalue weighted by molar-refractivity contribution is 6.68.